The van der Waals surface area contributed by atoms with Gasteiger partial charge in [0.05, 0.1) is 0 Å². The van der Waals surface area contributed by atoms with Crippen LogP contribution in [0.25, 0.3) is 0 Å². The van der Waals surface area contributed by atoms with E-state index in [0.29, 0.717) is 11.8 Å². The van der Waals surface area contributed by atoms with Gasteiger partial charge in [-0.3, -0.25) is 4.79 Å². The minimum absolute atomic E-state index is 0.214. The summed E-state index contributed by atoms with van der Waals surface area (Å²) in [7, 11) is 0. The molecule has 0 aromatic heterocycles. The number of amides is 1. The third kappa shape index (κ3) is 2.50. The van der Waals surface area contributed by atoms with Gasteiger partial charge in [0.25, 0.3) is 0 Å². The van der Waals surface area contributed by atoms with Crippen LogP contribution in [0, 0.1) is 5.41 Å². The lowest BCUT2D eigenvalue weighted by molar-refractivity contribution is -0.121. The zero-order chi connectivity index (χ0) is 9.03. The molecule has 12 heavy (non-hydrogen) atoms. The molecule has 2 nitrogen and oxygen atoms in total. The summed E-state index contributed by atoms with van der Waals surface area (Å²) >= 11 is 0. The van der Waals surface area contributed by atoms with Crippen molar-refractivity contribution < 1.29 is 4.79 Å². The van der Waals surface area contributed by atoms with Crippen LogP contribution in [0.15, 0.2) is 0 Å². The molecule has 0 spiro atoms. The number of carbonyl (C=O) groups is 1. The van der Waals surface area contributed by atoms with E-state index in [2.05, 4.69) is 12.2 Å². The first kappa shape index (κ1) is 9.56. The minimum atomic E-state index is 0.214. The number of carbonyl (C=O) groups excluding carboxylic acids is 1. The molecule has 1 saturated carbocycles. The SMILES string of the molecule is CCCC(=O)NCC1(C)CCC1. The van der Waals surface area contributed by atoms with Crippen LogP contribution in [0.4, 0.5) is 0 Å². The topological polar surface area (TPSA) is 29.1 Å². The van der Waals surface area contributed by atoms with Gasteiger partial charge in [-0.2, -0.15) is 0 Å². The van der Waals surface area contributed by atoms with Crippen molar-refractivity contribution in [2.75, 3.05) is 6.54 Å². The molecule has 1 rings (SSSR count). The minimum Gasteiger partial charge on any atom is -0.356 e. The fourth-order valence-electron chi connectivity index (χ4n) is 1.58. The molecule has 0 heterocycles. The number of nitrogens with one attached hydrogen (secondary N) is 1. The molecule has 0 aliphatic heterocycles. The predicted octanol–water partition coefficient (Wildman–Crippen LogP) is 2.09. The predicted molar refractivity (Wildman–Crippen MR) is 49.9 cm³/mol. The Morgan fingerprint density at radius 2 is 2.17 bits per heavy atom. The molecule has 1 aliphatic rings. The van der Waals surface area contributed by atoms with E-state index in [0.717, 1.165) is 13.0 Å². The smallest absolute Gasteiger partial charge is 0.220 e. The lowest BCUT2D eigenvalue weighted by Crippen LogP contribution is -2.39. The molecule has 0 saturated heterocycles. The van der Waals surface area contributed by atoms with E-state index in [1.807, 2.05) is 6.92 Å². The van der Waals surface area contributed by atoms with Gasteiger partial charge in [-0.25, -0.2) is 0 Å². The van der Waals surface area contributed by atoms with Gasteiger partial charge in [0.2, 0.25) is 5.91 Å². The highest BCUT2D eigenvalue weighted by atomic mass is 16.1. The monoisotopic (exact) mass is 169 g/mol. The Balaban J connectivity index is 2.12. The summed E-state index contributed by atoms with van der Waals surface area (Å²) in [6.07, 6.45) is 5.51. The second-order valence-electron chi connectivity index (χ2n) is 4.19. The van der Waals surface area contributed by atoms with Gasteiger partial charge in [0.1, 0.15) is 0 Å². The first-order valence-electron chi connectivity index (χ1n) is 4.93. The van der Waals surface area contributed by atoms with Crippen molar-refractivity contribution >= 4 is 5.91 Å². The van der Waals surface area contributed by atoms with Gasteiger partial charge in [-0.1, -0.05) is 20.3 Å². The Morgan fingerprint density at radius 3 is 2.58 bits per heavy atom. The summed E-state index contributed by atoms with van der Waals surface area (Å²) in [4.78, 5) is 11.1. The lowest BCUT2D eigenvalue weighted by atomic mass is 9.70. The van der Waals surface area contributed by atoms with Crippen LogP contribution in [0.3, 0.4) is 0 Å². The molecule has 1 fully saturated rings. The maximum atomic E-state index is 11.1. The third-order valence-electron chi connectivity index (χ3n) is 2.75. The molecule has 70 valence electrons. The van der Waals surface area contributed by atoms with Crippen molar-refractivity contribution in [1.82, 2.24) is 5.32 Å². The molecule has 0 radical (unpaired) electrons. The molecule has 0 unspecified atom stereocenters. The van der Waals surface area contributed by atoms with Crippen molar-refractivity contribution in [3.63, 3.8) is 0 Å². The molecule has 1 amide bonds. The Kier molecular flexibility index (Phi) is 3.12. The Morgan fingerprint density at radius 1 is 1.50 bits per heavy atom. The van der Waals surface area contributed by atoms with Crippen LogP contribution >= 0.6 is 0 Å². The fourth-order valence-corrected chi connectivity index (χ4v) is 1.58. The van der Waals surface area contributed by atoms with Crippen LogP contribution in [-0.2, 0) is 4.79 Å². The molecule has 1 aliphatic carbocycles. The van der Waals surface area contributed by atoms with Crippen molar-refractivity contribution in [3.05, 3.63) is 0 Å². The van der Waals surface area contributed by atoms with E-state index in [4.69, 9.17) is 0 Å². The summed E-state index contributed by atoms with van der Waals surface area (Å²) in [6.45, 7) is 5.17. The summed E-state index contributed by atoms with van der Waals surface area (Å²) in [5.41, 5.74) is 0.420. The Labute approximate surface area is 74.7 Å². The van der Waals surface area contributed by atoms with Crippen LogP contribution in [0.5, 0.6) is 0 Å². The molecule has 0 atom stereocenters. The van der Waals surface area contributed by atoms with Crippen molar-refractivity contribution in [2.45, 2.75) is 46.0 Å². The second-order valence-corrected chi connectivity index (χ2v) is 4.19. The summed E-state index contributed by atoms with van der Waals surface area (Å²) < 4.78 is 0. The maximum absolute atomic E-state index is 11.1. The number of hydrogen-bond donors (Lipinski definition) is 1. The number of hydrogen-bond acceptors (Lipinski definition) is 1. The standard InChI is InChI=1S/C10H19NO/c1-3-5-9(12)11-8-10(2)6-4-7-10/h3-8H2,1-2H3,(H,11,12). The summed E-state index contributed by atoms with van der Waals surface area (Å²) in [5, 5.41) is 2.99. The summed E-state index contributed by atoms with van der Waals surface area (Å²) in [5.74, 6) is 0.214. The largest absolute Gasteiger partial charge is 0.356 e. The molecular formula is C10H19NO. The maximum Gasteiger partial charge on any atom is 0.220 e. The lowest BCUT2D eigenvalue weighted by Gasteiger charge is -2.38. The van der Waals surface area contributed by atoms with E-state index < -0.39 is 0 Å². The first-order valence-corrected chi connectivity index (χ1v) is 4.93. The molecule has 2 heteroatoms. The van der Waals surface area contributed by atoms with Crippen LogP contribution in [0.1, 0.15) is 46.0 Å². The molecule has 0 aromatic carbocycles. The zero-order valence-electron chi connectivity index (χ0n) is 8.15. The van der Waals surface area contributed by atoms with Gasteiger partial charge >= 0.3 is 0 Å². The highest BCUT2D eigenvalue weighted by molar-refractivity contribution is 5.75. The van der Waals surface area contributed by atoms with E-state index in [9.17, 15) is 4.79 Å². The highest BCUT2D eigenvalue weighted by Gasteiger charge is 2.31. The van der Waals surface area contributed by atoms with Gasteiger partial charge in [0.15, 0.2) is 0 Å². The Hall–Kier alpha value is -0.530. The normalized spacial score (nSPS) is 19.8. The van der Waals surface area contributed by atoms with E-state index >= 15 is 0 Å². The zero-order valence-corrected chi connectivity index (χ0v) is 8.15. The van der Waals surface area contributed by atoms with Crippen LogP contribution in [0.2, 0.25) is 0 Å². The van der Waals surface area contributed by atoms with Crippen molar-refractivity contribution in [1.29, 1.82) is 0 Å². The first-order chi connectivity index (χ1) is 5.66. The average molecular weight is 169 g/mol. The summed E-state index contributed by atoms with van der Waals surface area (Å²) in [6, 6.07) is 0. The van der Waals surface area contributed by atoms with Gasteiger partial charge in [-0.15, -0.1) is 0 Å². The van der Waals surface area contributed by atoms with Gasteiger partial charge < -0.3 is 5.32 Å². The van der Waals surface area contributed by atoms with E-state index in [1.165, 1.54) is 19.3 Å². The van der Waals surface area contributed by atoms with Crippen molar-refractivity contribution in [3.8, 4) is 0 Å². The highest BCUT2D eigenvalue weighted by Crippen LogP contribution is 2.39. The molecule has 0 aromatic rings. The van der Waals surface area contributed by atoms with Gasteiger partial charge in [0, 0.05) is 13.0 Å². The molecule has 0 bridgehead atoms. The van der Waals surface area contributed by atoms with Gasteiger partial charge in [-0.05, 0) is 24.7 Å². The van der Waals surface area contributed by atoms with E-state index in [1.54, 1.807) is 0 Å². The fraction of sp³-hybridized carbons (Fsp3) is 0.900. The van der Waals surface area contributed by atoms with E-state index in [-0.39, 0.29) is 5.91 Å². The average Bonchev–Trinajstić information content (AvgIpc) is 1.98. The number of rotatable bonds is 4. The Bertz CT molecular complexity index is 161. The van der Waals surface area contributed by atoms with Crippen molar-refractivity contribution in [2.24, 2.45) is 5.41 Å². The molecule has 1 N–H and O–H groups in total. The second kappa shape index (κ2) is 3.92. The molecular weight excluding hydrogens is 150 g/mol. The quantitative estimate of drug-likeness (QED) is 0.686. The van der Waals surface area contributed by atoms with Crippen LogP contribution in [-0.4, -0.2) is 12.5 Å². The third-order valence-corrected chi connectivity index (χ3v) is 2.75. The van der Waals surface area contributed by atoms with Crippen LogP contribution < -0.4 is 5.32 Å².